The van der Waals surface area contributed by atoms with Crippen LogP contribution in [0.4, 0.5) is 5.82 Å². The van der Waals surface area contributed by atoms with Gasteiger partial charge in [-0.15, -0.1) is 0 Å². The van der Waals surface area contributed by atoms with Crippen molar-refractivity contribution in [1.82, 2.24) is 9.88 Å². The van der Waals surface area contributed by atoms with Crippen LogP contribution in [0.2, 0.25) is 0 Å². The Hall–Kier alpha value is -1.21. The molecular formula is C16H25N3O3. The number of hydrogen-bond acceptors (Lipinski definition) is 6. The van der Waals surface area contributed by atoms with Gasteiger partial charge >= 0.3 is 0 Å². The third kappa shape index (κ3) is 3.95. The average Bonchev–Trinajstić information content (AvgIpc) is 2.82. The molecule has 2 N–H and O–H groups in total. The van der Waals surface area contributed by atoms with Crippen molar-refractivity contribution in [3.05, 3.63) is 24.4 Å². The van der Waals surface area contributed by atoms with Crippen LogP contribution >= 0.6 is 0 Å². The highest BCUT2D eigenvalue weighted by molar-refractivity contribution is 5.33. The van der Waals surface area contributed by atoms with Gasteiger partial charge in [0.25, 0.3) is 0 Å². The molecule has 3 heterocycles. The second kappa shape index (κ2) is 7.37. The molecule has 0 bridgehead atoms. The summed E-state index contributed by atoms with van der Waals surface area (Å²) < 4.78 is 11.9. The molecule has 0 aliphatic carbocycles. The van der Waals surface area contributed by atoms with Crippen molar-refractivity contribution in [1.29, 1.82) is 0 Å². The maximum absolute atomic E-state index is 9.16. The number of aliphatic hydroxyl groups is 1. The zero-order valence-corrected chi connectivity index (χ0v) is 12.9. The molecule has 2 aliphatic heterocycles. The van der Waals surface area contributed by atoms with Crippen molar-refractivity contribution >= 4 is 5.82 Å². The Kier molecular flexibility index (Phi) is 5.25. The Labute approximate surface area is 131 Å². The van der Waals surface area contributed by atoms with Gasteiger partial charge in [0.2, 0.25) is 0 Å². The number of ether oxygens (including phenoxy) is 2. The van der Waals surface area contributed by atoms with Gasteiger partial charge < -0.3 is 19.9 Å². The van der Waals surface area contributed by atoms with Crippen LogP contribution in [0.5, 0.6) is 0 Å². The van der Waals surface area contributed by atoms with E-state index in [1.807, 2.05) is 18.2 Å². The predicted octanol–water partition coefficient (Wildman–Crippen LogP) is 0.593. The van der Waals surface area contributed by atoms with E-state index in [1.54, 1.807) is 6.20 Å². The van der Waals surface area contributed by atoms with Gasteiger partial charge in [-0.3, -0.25) is 4.90 Å². The van der Waals surface area contributed by atoms with Gasteiger partial charge in [0.1, 0.15) is 11.4 Å². The lowest BCUT2D eigenvalue weighted by molar-refractivity contribution is -0.0563. The standard InChI is InChI=1S/C16H25N3O3/c20-7-5-19-6-8-21-13-16(12-19)9-14(11-22-16)10-18-15-3-1-2-4-17-15/h1-4,14,20H,5-13H2,(H,17,18)/t14-,16-/m1/s1. The minimum atomic E-state index is -0.220. The highest BCUT2D eigenvalue weighted by atomic mass is 16.5. The second-order valence-corrected chi connectivity index (χ2v) is 6.21. The summed E-state index contributed by atoms with van der Waals surface area (Å²) in [5.74, 6) is 1.36. The van der Waals surface area contributed by atoms with Gasteiger partial charge in [-0.25, -0.2) is 4.98 Å². The van der Waals surface area contributed by atoms with Crippen LogP contribution in [0, 0.1) is 5.92 Å². The summed E-state index contributed by atoms with van der Waals surface area (Å²) in [4.78, 5) is 6.52. The summed E-state index contributed by atoms with van der Waals surface area (Å²) in [7, 11) is 0. The zero-order chi connectivity index (χ0) is 15.3. The number of aromatic nitrogens is 1. The van der Waals surface area contributed by atoms with Crippen molar-refractivity contribution in [2.24, 2.45) is 5.92 Å². The van der Waals surface area contributed by atoms with Gasteiger partial charge in [0.05, 0.1) is 26.4 Å². The van der Waals surface area contributed by atoms with E-state index in [4.69, 9.17) is 14.6 Å². The van der Waals surface area contributed by atoms with Crippen molar-refractivity contribution in [3.8, 4) is 0 Å². The molecule has 1 spiro atoms. The van der Waals surface area contributed by atoms with Crippen LogP contribution in [-0.2, 0) is 9.47 Å². The first kappa shape index (κ1) is 15.7. The smallest absolute Gasteiger partial charge is 0.125 e. The molecule has 0 unspecified atom stereocenters. The van der Waals surface area contributed by atoms with Crippen molar-refractivity contribution in [2.45, 2.75) is 12.0 Å². The minimum absolute atomic E-state index is 0.181. The van der Waals surface area contributed by atoms with Crippen LogP contribution < -0.4 is 5.32 Å². The van der Waals surface area contributed by atoms with Crippen molar-refractivity contribution in [2.75, 3.05) is 57.9 Å². The molecular weight excluding hydrogens is 282 g/mol. The van der Waals surface area contributed by atoms with E-state index in [9.17, 15) is 0 Å². The molecule has 0 aromatic carbocycles. The summed E-state index contributed by atoms with van der Waals surface area (Å²) in [6.07, 6.45) is 2.77. The Bertz CT molecular complexity index is 459. The molecule has 2 aliphatic rings. The Morgan fingerprint density at radius 1 is 1.45 bits per heavy atom. The molecule has 2 fully saturated rings. The zero-order valence-electron chi connectivity index (χ0n) is 12.9. The SMILES string of the molecule is OCCN1CCOC[C@@]2(C[C@H](CNc3ccccn3)CO2)C1. The molecule has 0 saturated carbocycles. The van der Waals surface area contributed by atoms with E-state index in [-0.39, 0.29) is 12.2 Å². The summed E-state index contributed by atoms with van der Waals surface area (Å²) >= 11 is 0. The highest BCUT2D eigenvalue weighted by Gasteiger charge is 2.43. The number of aliphatic hydroxyl groups excluding tert-OH is 1. The summed E-state index contributed by atoms with van der Waals surface area (Å²) in [5.41, 5.74) is -0.220. The quantitative estimate of drug-likeness (QED) is 0.830. The first-order valence-electron chi connectivity index (χ1n) is 7.99. The summed E-state index contributed by atoms with van der Waals surface area (Å²) in [5, 5.41) is 12.5. The van der Waals surface area contributed by atoms with Crippen LogP contribution in [-0.4, -0.2) is 73.2 Å². The molecule has 122 valence electrons. The molecule has 6 nitrogen and oxygen atoms in total. The normalized spacial score (nSPS) is 29.6. The molecule has 1 aromatic heterocycles. The lowest BCUT2D eigenvalue weighted by Crippen LogP contribution is -2.45. The van der Waals surface area contributed by atoms with Crippen LogP contribution in [0.25, 0.3) is 0 Å². The summed E-state index contributed by atoms with van der Waals surface area (Å²) in [6, 6.07) is 5.87. The first-order chi connectivity index (χ1) is 10.8. The Morgan fingerprint density at radius 3 is 3.23 bits per heavy atom. The largest absolute Gasteiger partial charge is 0.395 e. The van der Waals surface area contributed by atoms with E-state index in [0.29, 0.717) is 25.7 Å². The number of rotatable bonds is 5. The number of anilines is 1. The Morgan fingerprint density at radius 2 is 2.41 bits per heavy atom. The molecule has 2 saturated heterocycles. The fourth-order valence-electron chi connectivity index (χ4n) is 3.31. The van der Waals surface area contributed by atoms with Gasteiger partial charge in [0.15, 0.2) is 0 Å². The minimum Gasteiger partial charge on any atom is -0.395 e. The van der Waals surface area contributed by atoms with Crippen molar-refractivity contribution in [3.63, 3.8) is 0 Å². The van der Waals surface area contributed by atoms with Gasteiger partial charge in [-0.2, -0.15) is 0 Å². The lowest BCUT2D eigenvalue weighted by Gasteiger charge is -2.30. The van der Waals surface area contributed by atoms with Crippen LogP contribution in [0.15, 0.2) is 24.4 Å². The number of nitrogens with one attached hydrogen (secondary N) is 1. The second-order valence-electron chi connectivity index (χ2n) is 6.21. The number of hydrogen-bond donors (Lipinski definition) is 2. The van der Waals surface area contributed by atoms with E-state index in [0.717, 1.165) is 38.5 Å². The third-order valence-electron chi connectivity index (χ3n) is 4.37. The molecule has 0 amide bonds. The molecule has 1 aromatic rings. The lowest BCUT2D eigenvalue weighted by atomic mass is 9.94. The van der Waals surface area contributed by atoms with Gasteiger partial charge in [0, 0.05) is 38.3 Å². The Balaban J connectivity index is 1.53. The van der Waals surface area contributed by atoms with E-state index >= 15 is 0 Å². The maximum atomic E-state index is 9.16. The number of nitrogens with zero attached hydrogens (tertiary/aromatic N) is 2. The van der Waals surface area contributed by atoms with Gasteiger partial charge in [-0.05, 0) is 18.6 Å². The molecule has 2 atom stereocenters. The van der Waals surface area contributed by atoms with Crippen molar-refractivity contribution < 1.29 is 14.6 Å². The molecule has 0 radical (unpaired) electrons. The highest BCUT2D eigenvalue weighted by Crippen LogP contribution is 2.32. The predicted molar refractivity (Wildman–Crippen MR) is 83.9 cm³/mol. The molecule has 3 rings (SSSR count). The third-order valence-corrected chi connectivity index (χ3v) is 4.37. The monoisotopic (exact) mass is 307 g/mol. The van der Waals surface area contributed by atoms with Crippen LogP contribution in [0.3, 0.4) is 0 Å². The first-order valence-corrected chi connectivity index (χ1v) is 7.99. The maximum Gasteiger partial charge on any atom is 0.125 e. The van der Waals surface area contributed by atoms with Crippen LogP contribution in [0.1, 0.15) is 6.42 Å². The molecule has 6 heteroatoms. The number of β-amino-alcohol motifs (C(OH)–C–C–N with tert-alkyl or cyclic N) is 1. The summed E-state index contributed by atoms with van der Waals surface area (Å²) in [6.45, 7) is 5.54. The topological polar surface area (TPSA) is 66.9 Å². The van der Waals surface area contributed by atoms with E-state index in [1.165, 1.54) is 0 Å². The fraction of sp³-hybridized carbons (Fsp3) is 0.688. The van der Waals surface area contributed by atoms with E-state index < -0.39 is 0 Å². The van der Waals surface area contributed by atoms with Gasteiger partial charge in [-0.1, -0.05) is 6.07 Å². The average molecular weight is 307 g/mol. The fourth-order valence-corrected chi connectivity index (χ4v) is 3.31. The van der Waals surface area contributed by atoms with E-state index in [2.05, 4.69) is 15.2 Å². The molecule has 22 heavy (non-hydrogen) atoms. The number of pyridine rings is 1.